The fourth-order valence-electron chi connectivity index (χ4n) is 4.87. The van der Waals surface area contributed by atoms with Crippen LogP contribution in [0.3, 0.4) is 0 Å². The lowest BCUT2D eigenvalue weighted by molar-refractivity contribution is 0.272. The number of fused-ring (bicyclic) bond motifs is 1. The second-order valence-electron chi connectivity index (χ2n) is 8.66. The van der Waals surface area contributed by atoms with E-state index in [0.29, 0.717) is 22.0 Å². The van der Waals surface area contributed by atoms with Crippen molar-refractivity contribution in [1.29, 1.82) is 0 Å². The van der Waals surface area contributed by atoms with E-state index in [0.717, 1.165) is 30.0 Å². The summed E-state index contributed by atoms with van der Waals surface area (Å²) in [6.45, 7) is 0. The molecule has 0 bridgehead atoms. The van der Waals surface area contributed by atoms with Crippen molar-refractivity contribution in [3.63, 3.8) is 0 Å². The molecule has 1 heterocycles. The van der Waals surface area contributed by atoms with Gasteiger partial charge in [-0.3, -0.25) is 0 Å². The third-order valence-electron chi connectivity index (χ3n) is 6.52. The van der Waals surface area contributed by atoms with Gasteiger partial charge in [-0.1, -0.05) is 49.1 Å². The molecule has 0 spiro atoms. The molecule has 3 aromatic carbocycles. The maximum Gasteiger partial charge on any atom is 0.161 e. The highest BCUT2D eigenvalue weighted by atomic mass is 35.5. The van der Waals surface area contributed by atoms with Crippen molar-refractivity contribution in [3.05, 3.63) is 83.4 Å². The van der Waals surface area contributed by atoms with E-state index in [9.17, 15) is 8.78 Å². The number of benzene rings is 3. The minimum Gasteiger partial charge on any atom is -0.320 e. The Morgan fingerprint density at radius 1 is 0.939 bits per heavy atom. The van der Waals surface area contributed by atoms with E-state index in [2.05, 4.69) is 16.7 Å². The predicted octanol–water partition coefficient (Wildman–Crippen LogP) is 8.55. The van der Waals surface area contributed by atoms with Crippen LogP contribution in [0.25, 0.3) is 22.4 Å². The summed E-state index contributed by atoms with van der Waals surface area (Å²) in [6.07, 6.45) is 5.91. The lowest BCUT2D eigenvalue weighted by atomic mass is 9.84. The van der Waals surface area contributed by atoms with E-state index in [1.807, 2.05) is 42.5 Å². The highest BCUT2D eigenvalue weighted by Crippen LogP contribution is 2.41. The van der Waals surface area contributed by atoms with Crippen molar-refractivity contribution in [3.8, 4) is 11.4 Å². The third-order valence-corrected chi connectivity index (χ3v) is 7.89. The Morgan fingerprint density at radius 2 is 1.64 bits per heavy atom. The molecule has 0 saturated heterocycles. The van der Waals surface area contributed by atoms with Gasteiger partial charge < -0.3 is 4.57 Å². The molecule has 0 amide bonds. The molecular weight excluding hydrogens is 458 g/mol. The molecule has 1 atom stereocenters. The smallest absolute Gasteiger partial charge is 0.161 e. The van der Waals surface area contributed by atoms with Crippen LogP contribution in [0.5, 0.6) is 0 Å². The summed E-state index contributed by atoms with van der Waals surface area (Å²) in [6, 6.07) is 20.5. The van der Waals surface area contributed by atoms with Gasteiger partial charge in [-0.2, -0.15) is 0 Å². The highest BCUT2D eigenvalue weighted by Gasteiger charge is 2.30. The van der Waals surface area contributed by atoms with Crippen LogP contribution in [-0.2, 0) is 0 Å². The van der Waals surface area contributed by atoms with Crippen LogP contribution in [0.1, 0.15) is 38.1 Å². The first kappa shape index (κ1) is 22.4. The van der Waals surface area contributed by atoms with Crippen molar-refractivity contribution in [1.82, 2.24) is 9.55 Å². The van der Waals surface area contributed by atoms with Gasteiger partial charge in [0.1, 0.15) is 5.82 Å². The number of nitrogens with zero attached hydrogens (tertiary/aromatic N) is 2. The van der Waals surface area contributed by atoms with Gasteiger partial charge in [0, 0.05) is 39.4 Å². The Hall–Kier alpha value is -2.37. The monoisotopic (exact) mass is 482 g/mol. The van der Waals surface area contributed by atoms with Gasteiger partial charge in [0.15, 0.2) is 11.6 Å². The predicted molar refractivity (Wildman–Crippen MR) is 133 cm³/mol. The standard InChI is InChI=1S/C27H25ClF2N2S/c28-20-13-11-19(12-14-20)27-31-24-15-22(29)23(30)16-25(24)32(27)26(18-7-3-1-4-8-18)17-33-21-9-5-2-6-10-21/h2,5-6,9-16,18,26H,1,3-4,7-8,17H2. The molecule has 1 aromatic heterocycles. The summed E-state index contributed by atoms with van der Waals surface area (Å²) in [7, 11) is 0. The quantitative estimate of drug-likeness (QED) is 0.256. The summed E-state index contributed by atoms with van der Waals surface area (Å²) >= 11 is 7.94. The minimum absolute atomic E-state index is 0.107. The maximum absolute atomic E-state index is 14.4. The molecule has 1 unspecified atom stereocenters. The normalized spacial score (nSPS) is 15.7. The Morgan fingerprint density at radius 3 is 2.36 bits per heavy atom. The summed E-state index contributed by atoms with van der Waals surface area (Å²) in [5.74, 6) is 0.300. The van der Waals surface area contributed by atoms with Crippen LogP contribution in [0, 0.1) is 17.6 Å². The molecule has 1 saturated carbocycles. The van der Waals surface area contributed by atoms with Crippen molar-refractivity contribution in [2.75, 3.05) is 5.75 Å². The molecule has 4 aromatic rings. The zero-order valence-electron chi connectivity index (χ0n) is 18.2. The Kier molecular flexibility index (Phi) is 6.70. The summed E-state index contributed by atoms with van der Waals surface area (Å²) in [4.78, 5) is 5.99. The van der Waals surface area contributed by atoms with E-state index in [-0.39, 0.29) is 6.04 Å². The molecular formula is C27H25ClF2N2S. The Balaban J connectivity index is 1.65. The van der Waals surface area contributed by atoms with Crippen LogP contribution < -0.4 is 0 Å². The number of halogens is 3. The van der Waals surface area contributed by atoms with E-state index in [4.69, 9.17) is 16.6 Å². The van der Waals surface area contributed by atoms with Crippen LogP contribution >= 0.6 is 23.4 Å². The molecule has 0 N–H and O–H groups in total. The first-order chi connectivity index (χ1) is 16.1. The summed E-state index contributed by atoms with van der Waals surface area (Å²) < 4.78 is 30.7. The van der Waals surface area contributed by atoms with Crippen LogP contribution in [0.4, 0.5) is 8.78 Å². The van der Waals surface area contributed by atoms with Crippen LogP contribution in [-0.4, -0.2) is 15.3 Å². The van der Waals surface area contributed by atoms with Crippen LogP contribution in [0.2, 0.25) is 5.02 Å². The molecule has 33 heavy (non-hydrogen) atoms. The van der Waals surface area contributed by atoms with Gasteiger partial charge in [0.05, 0.1) is 11.0 Å². The topological polar surface area (TPSA) is 17.8 Å². The maximum atomic E-state index is 14.4. The molecule has 0 aliphatic heterocycles. The van der Waals surface area contributed by atoms with E-state index < -0.39 is 11.6 Å². The summed E-state index contributed by atoms with van der Waals surface area (Å²) in [5.41, 5.74) is 2.01. The van der Waals surface area contributed by atoms with E-state index in [1.54, 1.807) is 11.8 Å². The van der Waals surface area contributed by atoms with Gasteiger partial charge in [-0.05, 0) is 55.2 Å². The Labute approximate surface area is 202 Å². The molecule has 2 nitrogen and oxygen atoms in total. The van der Waals surface area contributed by atoms with Gasteiger partial charge in [-0.15, -0.1) is 11.8 Å². The van der Waals surface area contributed by atoms with Crippen molar-refractivity contribution in [2.24, 2.45) is 5.92 Å². The largest absolute Gasteiger partial charge is 0.320 e. The second-order valence-corrected chi connectivity index (χ2v) is 10.2. The highest BCUT2D eigenvalue weighted by molar-refractivity contribution is 7.99. The number of aromatic nitrogens is 2. The van der Waals surface area contributed by atoms with E-state index >= 15 is 0 Å². The molecule has 1 aliphatic rings. The Bertz CT molecular complexity index is 1230. The first-order valence-corrected chi connectivity index (χ1v) is 12.8. The zero-order valence-corrected chi connectivity index (χ0v) is 19.8. The first-order valence-electron chi connectivity index (χ1n) is 11.4. The summed E-state index contributed by atoms with van der Waals surface area (Å²) in [5, 5.41) is 0.641. The fraction of sp³-hybridized carbons (Fsp3) is 0.296. The number of thioether (sulfide) groups is 1. The molecule has 1 fully saturated rings. The third kappa shape index (κ3) is 4.80. The van der Waals surface area contributed by atoms with E-state index in [1.165, 1.54) is 36.3 Å². The molecule has 0 radical (unpaired) electrons. The van der Waals surface area contributed by atoms with Crippen molar-refractivity contribution < 1.29 is 8.78 Å². The fourth-order valence-corrected chi connectivity index (χ4v) is 6.13. The number of hydrogen-bond acceptors (Lipinski definition) is 2. The molecule has 170 valence electrons. The second kappa shape index (κ2) is 9.86. The molecule has 5 rings (SSSR count). The average Bonchev–Trinajstić information content (AvgIpc) is 3.19. The number of rotatable bonds is 6. The lowest BCUT2D eigenvalue weighted by Crippen LogP contribution is -2.24. The van der Waals surface area contributed by atoms with Gasteiger partial charge in [-0.25, -0.2) is 13.8 Å². The molecule has 6 heteroatoms. The molecule has 1 aliphatic carbocycles. The number of imidazole rings is 1. The number of hydrogen-bond donors (Lipinski definition) is 0. The van der Waals surface area contributed by atoms with Crippen molar-refractivity contribution in [2.45, 2.75) is 43.0 Å². The van der Waals surface area contributed by atoms with Gasteiger partial charge in [0.2, 0.25) is 0 Å². The zero-order chi connectivity index (χ0) is 22.8. The van der Waals surface area contributed by atoms with Crippen molar-refractivity contribution >= 4 is 34.4 Å². The van der Waals surface area contributed by atoms with Gasteiger partial charge >= 0.3 is 0 Å². The average molecular weight is 483 g/mol. The van der Waals surface area contributed by atoms with Crippen LogP contribution in [0.15, 0.2) is 71.6 Å². The van der Waals surface area contributed by atoms with Gasteiger partial charge in [0.25, 0.3) is 0 Å². The lowest BCUT2D eigenvalue weighted by Gasteiger charge is -2.32. The SMILES string of the molecule is Fc1cc2nc(-c3ccc(Cl)cc3)n(C(CSc3ccccc3)C3CCCCC3)c2cc1F. The minimum atomic E-state index is -0.873.